The van der Waals surface area contributed by atoms with E-state index in [0.29, 0.717) is 37.1 Å². The predicted octanol–water partition coefficient (Wildman–Crippen LogP) is -0.156. The maximum Gasteiger partial charge on any atom is 0.252 e. The third-order valence-corrected chi connectivity index (χ3v) is 3.77. The molecule has 0 radical (unpaired) electrons. The summed E-state index contributed by atoms with van der Waals surface area (Å²) in [6.07, 6.45) is 0.00300. The van der Waals surface area contributed by atoms with Gasteiger partial charge < -0.3 is 19.5 Å². The number of ether oxygens (including phenoxy) is 1. The molecule has 3 heterocycles. The smallest absolute Gasteiger partial charge is 0.252 e. The minimum Gasteiger partial charge on any atom is -0.393 e. The summed E-state index contributed by atoms with van der Waals surface area (Å²) >= 11 is 0. The molecule has 0 saturated heterocycles. The lowest BCUT2D eigenvalue weighted by Gasteiger charge is -2.16. The van der Waals surface area contributed by atoms with Gasteiger partial charge in [-0.1, -0.05) is 5.16 Å². The molecule has 126 valence electrons. The summed E-state index contributed by atoms with van der Waals surface area (Å²) in [7, 11) is 1.58. The highest BCUT2D eigenvalue weighted by Gasteiger charge is 2.20. The molecule has 2 aromatic heterocycles. The van der Waals surface area contributed by atoms with E-state index in [9.17, 15) is 5.11 Å². The minimum absolute atomic E-state index is 0.308. The van der Waals surface area contributed by atoms with Crippen LogP contribution in [0.1, 0.15) is 35.6 Å². The van der Waals surface area contributed by atoms with Gasteiger partial charge in [0.15, 0.2) is 5.82 Å². The number of rotatable bonds is 6. The average molecular weight is 323 g/mol. The van der Waals surface area contributed by atoms with Crippen molar-refractivity contribution in [1.29, 1.82) is 0 Å². The molecule has 2 aromatic rings. The molecule has 0 fully saturated rings. The number of aryl methyl sites for hydroxylation is 1. The van der Waals surface area contributed by atoms with E-state index in [2.05, 4.69) is 20.1 Å². The van der Waals surface area contributed by atoms with E-state index in [4.69, 9.17) is 14.4 Å². The van der Waals surface area contributed by atoms with Crippen LogP contribution in [-0.2, 0) is 31.0 Å². The van der Waals surface area contributed by atoms with Crippen molar-refractivity contribution in [2.24, 2.45) is 0 Å². The van der Waals surface area contributed by atoms with Gasteiger partial charge in [0.1, 0.15) is 12.7 Å². The second-order valence-corrected chi connectivity index (χ2v) is 5.58. The number of methoxy groups -OCH3 is 1. The number of aliphatic hydroxyl groups excluding tert-OH is 2. The van der Waals surface area contributed by atoms with Gasteiger partial charge in [-0.3, -0.25) is 9.58 Å². The Morgan fingerprint density at radius 3 is 3.09 bits per heavy atom. The van der Waals surface area contributed by atoms with Crippen molar-refractivity contribution in [2.75, 3.05) is 20.3 Å². The summed E-state index contributed by atoms with van der Waals surface area (Å²) in [5, 5.41) is 27.1. The zero-order chi connectivity index (χ0) is 16.2. The summed E-state index contributed by atoms with van der Waals surface area (Å²) < 4.78 is 12.0. The molecule has 23 heavy (non-hydrogen) atoms. The first-order chi connectivity index (χ1) is 11.2. The summed E-state index contributed by atoms with van der Waals surface area (Å²) in [5.41, 5.74) is 1.51. The molecule has 1 aliphatic rings. The molecular formula is C14H21N5O4. The van der Waals surface area contributed by atoms with Crippen LogP contribution >= 0.6 is 0 Å². The Balaban J connectivity index is 1.68. The minimum atomic E-state index is -0.934. The summed E-state index contributed by atoms with van der Waals surface area (Å²) in [6.45, 7) is 2.92. The van der Waals surface area contributed by atoms with Crippen LogP contribution in [0.3, 0.4) is 0 Å². The van der Waals surface area contributed by atoms with Crippen LogP contribution in [0, 0.1) is 0 Å². The average Bonchev–Trinajstić information content (AvgIpc) is 3.10. The first kappa shape index (κ1) is 16.1. The van der Waals surface area contributed by atoms with Gasteiger partial charge in [-0.05, 0) is 12.5 Å². The zero-order valence-corrected chi connectivity index (χ0v) is 13.1. The van der Waals surface area contributed by atoms with Gasteiger partial charge >= 0.3 is 0 Å². The van der Waals surface area contributed by atoms with E-state index in [1.165, 1.54) is 0 Å². The second kappa shape index (κ2) is 7.18. The monoisotopic (exact) mass is 323 g/mol. The fourth-order valence-electron chi connectivity index (χ4n) is 2.68. The lowest BCUT2D eigenvalue weighted by molar-refractivity contribution is 0.0916. The SMILES string of the molecule is COCc1nc(CN2CCCn3nc([C@@H](O)CO)cc3C2)no1. The van der Waals surface area contributed by atoms with E-state index in [0.717, 1.165) is 25.2 Å². The molecule has 0 spiro atoms. The summed E-state index contributed by atoms with van der Waals surface area (Å²) in [4.78, 5) is 6.49. The Labute approximate surface area is 133 Å². The maximum absolute atomic E-state index is 9.72. The van der Waals surface area contributed by atoms with Gasteiger partial charge in [0.2, 0.25) is 0 Å². The molecule has 0 amide bonds. The fourth-order valence-corrected chi connectivity index (χ4v) is 2.68. The van der Waals surface area contributed by atoms with Gasteiger partial charge in [-0.2, -0.15) is 10.1 Å². The van der Waals surface area contributed by atoms with Gasteiger partial charge in [0.25, 0.3) is 5.89 Å². The number of aliphatic hydroxyl groups is 2. The van der Waals surface area contributed by atoms with Crippen molar-refractivity contribution in [2.45, 2.75) is 38.8 Å². The Bertz CT molecular complexity index is 641. The van der Waals surface area contributed by atoms with E-state index < -0.39 is 6.10 Å². The number of hydrogen-bond donors (Lipinski definition) is 2. The van der Waals surface area contributed by atoms with E-state index in [-0.39, 0.29) is 6.61 Å². The molecule has 0 aliphatic carbocycles. The van der Waals surface area contributed by atoms with Crippen LogP contribution in [0.15, 0.2) is 10.6 Å². The lowest BCUT2D eigenvalue weighted by Crippen LogP contribution is -2.23. The highest BCUT2D eigenvalue weighted by Crippen LogP contribution is 2.19. The van der Waals surface area contributed by atoms with Crippen molar-refractivity contribution in [3.05, 3.63) is 29.2 Å². The van der Waals surface area contributed by atoms with Crippen molar-refractivity contribution >= 4 is 0 Å². The van der Waals surface area contributed by atoms with E-state index >= 15 is 0 Å². The third-order valence-electron chi connectivity index (χ3n) is 3.77. The fraction of sp³-hybridized carbons (Fsp3) is 0.643. The van der Waals surface area contributed by atoms with Crippen LogP contribution < -0.4 is 0 Å². The Morgan fingerprint density at radius 2 is 2.30 bits per heavy atom. The third kappa shape index (κ3) is 3.75. The number of aromatic nitrogens is 4. The molecule has 2 N–H and O–H groups in total. The molecule has 0 aromatic carbocycles. The number of nitrogens with zero attached hydrogens (tertiary/aromatic N) is 5. The van der Waals surface area contributed by atoms with Crippen molar-refractivity contribution < 1.29 is 19.5 Å². The lowest BCUT2D eigenvalue weighted by atomic mass is 10.2. The van der Waals surface area contributed by atoms with E-state index in [1.54, 1.807) is 7.11 Å². The molecule has 0 saturated carbocycles. The van der Waals surface area contributed by atoms with Crippen LogP contribution in [-0.4, -0.2) is 55.3 Å². The van der Waals surface area contributed by atoms with Crippen LogP contribution in [0.5, 0.6) is 0 Å². The predicted molar refractivity (Wildman–Crippen MR) is 78.0 cm³/mol. The first-order valence-electron chi connectivity index (χ1n) is 7.58. The topological polar surface area (TPSA) is 110 Å². The summed E-state index contributed by atoms with van der Waals surface area (Å²) in [6, 6.07) is 1.84. The standard InChI is InChI=1S/C14H21N5O4/c1-22-9-14-15-13(17-23-14)7-18-3-2-4-19-10(6-18)5-11(16-19)12(21)8-20/h5,12,20-21H,2-4,6-9H2,1H3/t12-/m0/s1. The van der Waals surface area contributed by atoms with Gasteiger partial charge in [0, 0.05) is 26.7 Å². The quantitative estimate of drug-likeness (QED) is 0.755. The largest absolute Gasteiger partial charge is 0.393 e. The molecule has 9 heteroatoms. The Morgan fingerprint density at radius 1 is 1.43 bits per heavy atom. The molecule has 3 rings (SSSR count). The number of fused-ring (bicyclic) bond motifs is 1. The Hall–Kier alpha value is -1.81. The van der Waals surface area contributed by atoms with Gasteiger partial charge in [-0.15, -0.1) is 0 Å². The molecule has 1 atom stereocenters. The Kier molecular flexibility index (Phi) is 5.01. The second-order valence-electron chi connectivity index (χ2n) is 5.58. The molecule has 0 bridgehead atoms. The first-order valence-corrected chi connectivity index (χ1v) is 7.58. The van der Waals surface area contributed by atoms with E-state index in [1.807, 2.05) is 10.7 Å². The van der Waals surface area contributed by atoms with Crippen molar-refractivity contribution in [3.63, 3.8) is 0 Å². The van der Waals surface area contributed by atoms with Gasteiger partial charge in [0.05, 0.1) is 24.5 Å². The normalized spacial score (nSPS) is 17.0. The van der Waals surface area contributed by atoms with Crippen LogP contribution in [0.2, 0.25) is 0 Å². The maximum atomic E-state index is 9.72. The number of hydrogen-bond acceptors (Lipinski definition) is 8. The highest BCUT2D eigenvalue weighted by atomic mass is 16.5. The molecule has 9 nitrogen and oxygen atoms in total. The molecule has 0 unspecified atom stereocenters. The van der Waals surface area contributed by atoms with Crippen LogP contribution in [0.4, 0.5) is 0 Å². The van der Waals surface area contributed by atoms with Crippen LogP contribution in [0.25, 0.3) is 0 Å². The molecular weight excluding hydrogens is 302 g/mol. The highest BCUT2D eigenvalue weighted by molar-refractivity contribution is 5.13. The van der Waals surface area contributed by atoms with Crippen molar-refractivity contribution in [1.82, 2.24) is 24.8 Å². The summed E-state index contributed by atoms with van der Waals surface area (Å²) in [5.74, 6) is 1.09. The van der Waals surface area contributed by atoms with Gasteiger partial charge in [-0.25, -0.2) is 0 Å². The molecule has 1 aliphatic heterocycles. The zero-order valence-electron chi connectivity index (χ0n) is 13.1. The van der Waals surface area contributed by atoms with Crippen molar-refractivity contribution in [3.8, 4) is 0 Å².